The van der Waals surface area contributed by atoms with Crippen molar-refractivity contribution < 1.29 is 28.7 Å². The predicted octanol–water partition coefficient (Wildman–Crippen LogP) is 7.72. The van der Waals surface area contributed by atoms with E-state index in [9.17, 15) is 19.2 Å². The number of rotatable bonds is 10. The second-order valence-corrected chi connectivity index (χ2v) is 16.9. The van der Waals surface area contributed by atoms with E-state index in [-0.39, 0.29) is 36.4 Å². The molecule has 4 heterocycles. The van der Waals surface area contributed by atoms with Crippen LogP contribution in [0.1, 0.15) is 105 Å². The van der Waals surface area contributed by atoms with Crippen LogP contribution in [0.3, 0.4) is 0 Å². The largest absolute Gasteiger partial charge is 0.453 e. The standard InChI is InChI=1S/C46H52N8O6/c1-25(2)41(52-46(58)60-4)44(56)54-20-6-7-36(54)42-47-23-35(51-42)27-11-9-26(10-12-27)31-16-17-32(40-30-14-13-29(21-30)39(31)40)28-15-18-33-34(22-28)50-43(49-33)37-8-5-19-53(37)38(55)24-48-45(57)59-3/h9-12,15-18,22-23,25,29-30,36-37,41H,5-8,13-14,19-21,24H2,1-4H3,(H,47,51)(H,48,57)(H,49,50)(H,52,58). The van der Waals surface area contributed by atoms with Gasteiger partial charge in [0, 0.05) is 13.1 Å². The number of nitrogens with one attached hydrogen (secondary N) is 4. The fourth-order valence-corrected chi connectivity index (χ4v) is 10.2. The third kappa shape index (κ3) is 7.15. The average molecular weight is 813 g/mol. The summed E-state index contributed by atoms with van der Waals surface area (Å²) in [6.45, 7) is 4.93. The van der Waals surface area contributed by atoms with Gasteiger partial charge in [0.05, 0.1) is 49.2 Å². The lowest BCUT2D eigenvalue weighted by atomic mass is 9.81. The molecule has 3 fully saturated rings. The van der Waals surface area contributed by atoms with E-state index in [1.165, 1.54) is 61.3 Å². The molecule has 14 heteroatoms. The van der Waals surface area contributed by atoms with Gasteiger partial charge in [-0.05, 0) is 114 Å². The number of imidazole rings is 2. The maximum absolute atomic E-state index is 13.7. The zero-order chi connectivity index (χ0) is 41.7. The highest BCUT2D eigenvalue weighted by Crippen LogP contribution is 2.58. The highest BCUT2D eigenvalue weighted by Gasteiger charge is 2.41. The summed E-state index contributed by atoms with van der Waals surface area (Å²) in [7, 11) is 2.58. The topological polar surface area (TPSA) is 175 Å². The van der Waals surface area contributed by atoms with Gasteiger partial charge < -0.3 is 39.9 Å². The Kier molecular flexibility index (Phi) is 10.6. The van der Waals surface area contributed by atoms with Gasteiger partial charge in [-0.2, -0.15) is 0 Å². The van der Waals surface area contributed by atoms with Crippen molar-refractivity contribution >= 4 is 35.0 Å². The fourth-order valence-electron chi connectivity index (χ4n) is 10.2. The number of benzene rings is 3. The summed E-state index contributed by atoms with van der Waals surface area (Å²) in [5, 5.41) is 5.22. The van der Waals surface area contributed by atoms with Crippen molar-refractivity contribution in [1.82, 2.24) is 40.4 Å². The predicted molar refractivity (Wildman–Crippen MR) is 226 cm³/mol. The van der Waals surface area contributed by atoms with Crippen molar-refractivity contribution in [3.63, 3.8) is 0 Å². The maximum Gasteiger partial charge on any atom is 0.407 e. The molecule has 0 spiro atoms. The molecule has 2 aromatic heterocycles. The van der Waals surface area contributed by atoms with E-state index in [2.05, 4.69) is 79.9 Å². The van der Waals surface area contributed by atoms with Crippen LogP contribution in [0.5, 0.6) is 0 Å². The van der Waals surface area contributed by atoms with Crippen LogP contribution in [0.4, 0.5) is 9.59 Å². The molecule has 9 rings (SSSR count). The molecule has 14 nitrogen and oxygen atoms in total. The number of H-pyrrole nitrogens is 2. The molecule has 2 bridgehead atoms. The van der Waals surface area contributed by atoms with Gasteiger partial charge in [-0.3, -0.25) is 9.59 Å². The Balaban J connectivity index is 0.945. The summed E-state index contributed by atoms with van der Waals surface area (Å²) in [6.07, 6.45) is 7.51. The summed E-state index contributed by atoms with van der Waals surface area (Å²) in [5.41, 5.74) is 11.6. The quantitative estimate of drug-likeness (QED) is 0.111. The molecular formula is C46H52N8O6. The molecule has 4 N–H and O–H groups in total. The molecule has 0 radical (unpaired) electrons. The molecule has 2 aliphatic heterocycles. The molecule has 4 aliphatic rings. The minimum Gasteiger partial charge on any atom is -0.453 e. The van der Waals surface area contributed by atoms with Crippen LogP contribution in [-0.2, 0) is 19.1 Å². The van der Waals surface area contributed by atoms with Crippen LogP contribution < -0.4 is 10.6 Å². The normalized spacial score (nSPS) is 21.1. The Morgan fingerprint density at radius 2 is 1.40 bits per heavy atom. The van der Waals surface area contributed by atoms with E-state index in [4.69, 9.17) is 14.7 Å². The van der Waals surface area contributed by atoms with Gasteiger partial charge >= 0.3 is 12.2 Å². The van der Waals surface area contributed by atoms with E-state index in [1.54, 1.807) is 4.90 Å². The number of hydrogen-bond donors (Lipinski definition) is 4. The average Bonchev–Trinajstić information content (AvgIpc) is 4.13. The van der Waals surface area contributed by atoms with Gasteiger partial charge in [0.15, 0.2) is 0 Å². The van der Waals surface area contributed by atoms with Crippen molar-refractivity contribution in [1.29, 1.82) is 0 Å². The maximum atomic E-state index is 13.7. The van der Waals surface area contributed by atoms with Gasteiger partial charge in [0.1, 0.15) is 24.2 Å². The molecule has 5 unspecified atom stereocenters. The highest BCUT2D eigenvalue weighted by molar-refractivity contribution is 5.88. The van der Waals surface area contributed by atoms with Crippen molar-refractivity contribution in [3.05, 3.63) is 83.6 Å². The molecule has 3 aromatic carbocycles. The van der Waals surface area contributed by atoms with E-state index in [0.29, 0.717) is 24.9 Å². The summed E-state index contributed by atoms with van der Waals surface area (Å²) >= 11 is 0. The number of hydrogen-bond acceptors (Lipinski definition) is 8. The zero-order valence-electron chi connectivity index (χ0n) is 34.5. The second kappa shape index (κ2) is 16.1. The fraction of sp³-hybridized carbons (Fsp3) is 0.435. The minimum atomic E-state index is -0.683. The van der Waals surface area contributed by atoms with E-state index in [0.717, 1.165) is 65.2 Å². The van der Waals surface area contributed by atoms with Gasteiger partial charge in [-0.15, -0.1) is 0 Å². The summed E-state index contributed by atoms with van der Waals surface area (Å²) in [5.74, 6) is 2.19. The number of amides is 4. The van der Waals surface area contributed by atoms with E-state index < -0.39 is 18.2 Å². The Morgan fingerprint density at radius 1 is 0.767 bits per heavy atom. The second-order valence-electron chi connectivity index (χ2n) is 16.9. The Bertz CT molecular complexity index is 2460. The first kappa shape index (κ1) is 39.3. The van der Waals surface area contributed by atoms with Gasteiger partial charge in [0.25, 0.3) is 0 Å². The number of fused-ring (bicyclic) bond motifs is 6. The molecule has 5 atom stereocenters. The van der Waals surface area contributed by atoms with Crippen molar-refractivity contribution in [2.45, 2.75) is 88.8 Å². The molecule has 2 aliphatic carbocycles. The number of methoxy groups -OCH3 is 2. The molecular weight excluding hydrogens is 761 g/mol. The Labute approximate surface area is 348 Å². The molecule has 312 valence electrons. The van der Waals surface area contributed by atoms with Gasteiger partial charge in [0.2, 0.25) is 11.8 Å². The van der Waals surface area contributed by atoms with Gasteiger partial charge in [-0.25, -0.2) is 19.6 Å². The first-order chi connectivity index (χ1) is 29.1. The molecule has 2 saturated heterocycles. The van der Waals surface area contributed by atoms with Crippen molar-refractivity contribution in [2.24, 2.45) is 5.92 Å². The zero-order valence-corrected chi connectivity index (χ0v) is 34.5. The smallest absolute Gasteiger partial charge is 0.407 e. The number of carbonyl (C=O) groups excluding carboxylic acids is 4. The lowest BCUT2D eigenvalue weighted by molar-refractivity contribution is -0.135. The van der Waals surface area contributed by atoms with Crippen LogP contribution in [0, 0.1) is 5.92 Å². The number of carbonyl (C=O) groups is 4. The van der Waals surface area contributed by atoms with Crippen molar-refractivity contribution in [2.75, 3.05) is 33.9 Å². The van der Waals surface area contributed by atoms with Crippen LogP contribution in [0.15, 0.2) is 60.8 Å². The Morgan fingerprint density at radius 3 is 2.08 bits per heavy atom. The lowest BCUT2D eigenvalue weighted by Gasteiger charge is -2.30. The van der Waals surface area contributed by atoms with Crippen LogP contribution in [0.2, 0.25) is 0 Å². The SMILES string of the molecule is COC(=O)NCC(=O)N1CCCC1c1nc2ccc(-c3ccc(-c4ccc(-c5cnc(C6CCCN6C(=O)C(NC(=O)OC)C(C)C)[nH]5)cc4)c4c3C3CCC4C3)cc2[nH]1. The molecule has 1 saturated carbocycles. The number of ether oxygens (including phenoxy) is 2. The number of likely N-dealkylation sites (tertiary alicyclic amines) is 2. The monoisotopic (exact) mass is 812 g/mol. The number of aromatic nitrogens is 4. The summed E-state index contributed by atoms with van der Waals surface area (Å²) < 4.78 is 9.42. The number of alkyl carbamates (subject to hydrolysis) is 2. The van der Waals surface area contributed by atoms with E-state index in [1.807, 2.05) is 24.9 Å². The first-order valence-corrected chi connectivity index (χ1v) is 21.2. The van der Waals surface area contributed by atoms with Crippen molar-refractivity contribution in [3.8, 4) is 33.5 Å². The van der Waals surface area contributed by atoms with Crippen LogP contribution >= 0.6 is 0 Å². The Hall–Kier alpha value is -6.18. The third-order valence-corrected chi connectivity index (χ3v) is 13.2. The number of nitrogens with zero attached hydrogens (tertiary/aromatic N) is 4. The molecule has 4 amide bonds. The van der Waals surface area contributed by atoms with E-state index >= 15 is 0 Å². The van der Waals surface area contributed by atoms with Crippen LogP contribution in [0.25, 0.3) is 44.5 Å². The minimum absolute atomic E-state index is 0.101. The first-order valence-electron chi connectivity index (χ1n) is 21.2. The number of aromatic amines is 2. The molecule has 5 aromatic rings. The summed E-state index contributed by atoms with van der Waals surface area (Å²) in [4.78, 5) is 70.6. The van der Waals surface area contributed by atoms with Gasteiger partial charge in [-0.1, -0.05) is 56.3 Å². The highest BCUT2D eigenvalue weighted by atomic mass is 16.5. The third-order valence-electron chi connectivity index (χ3n) is 13.2. The lowest BCUT2D eigenvalue weighted by Crippen LogP contribution is -2.51. The van der Waals surface area contributed by atoms with Crippen LogP contribution in [-0.4, -0.2) is 93.6 Å². The summed E-state index contributed by atoms with van der Waals surface area (Å²) in [6, 6.07) is 18.6. The molecule has 60 heavy (non-hydrogen) atoms.